The van der Waals surface area contributed by atoms with Crippen molar-refractivity contribution in [2.24, 2.45) is 0 Å². The number of nitriles is 3. The van der Waals surface area contributed by atoms with E-state index in [1.165, 1.54) is 0 Å². The Balaban J connectivity index is 2.99. The molecule has 0 aliphatic carbocycles. The molecule has 84 valence electrons. The van der Waals surface area contributed by atoms with Crippen LogP contribution >= 0.6 is 0 Å². The molecule has 0 aromatic heterocycles. The normalized spacial score (nSPS) is 12.8. The van der Waals surface area contributed by atoms with Crippen LogP contribution in [0.2, 0.25) is 0 Å². The molecule has 0 bridgehead atoms. The second-order valence-electron chi connectivity index (χ2n) is 3.91. The largest absolute Gasteiger partial charge is 0.198 e. The molecule has 0 fully saturated rings. The first-order valence-electron chi connectivity index (χ1n) is 5.50. The van der Waals surface area contributed by atoms with Crippen LogP contribution in [0.15, 0.2) is 30.3 Å². The standard InChI is InChI=1S/C14H13N3/c15-10-5-4-8-14(12-17,9-11-16)13-6-2-1-3-7-13/h1-3,6-7H,4-5,8-9H2. The molecule has 1 aromatic rings. The van der Waals surface area contributed by atoms with Gasteiger partial charge in [0.2, 0.25) is 0 Å². The van der Waals surface area contributed by atoms with Crippen LogP contribution in [0.4, 0.5) is 0 Å². The first kappa shape index (κ1) is 12.8. The topological polar surface area (TPSA) is 71.4 Å². The zero-order chi connectivity index (χ0) is 12.6. The summed E-state index contributed by atoms with van der Waals surface area (Å²) in [5, 5.41) is 26.8. The molecule has 1 aromatic carbocycles. The molecule has 0 radical (unpaired) electrons. The molecule has 1 unspecified atom stereocenters. The fourth-order valence-electron chi connectivity index (χ4n) is 1.86. The summed E-state index contributed by atoms with van der Waals surface area (Å²) in [4.78, 5) is 0. The molecule has 0 spiro atoms. The average Bonchev–Trinajstić information content (AvgIpc) is 2.39. The summed E-state index contributed by atoms with van der Waals surface area (Å²) in [6.45, 7) is 0. The third kappa shape index (κ3) is 3.07. The van der Waals surface area contributed by atoms with Gasteiger partial charge in [0.25, 0.3) is 0 Å². The van der Waals surface area contributed by atoms with E-state index in [4.69, 9.17) is 10.5 Å². The molecule has 0 amide bonds. The number of rotatable bonds is 5. The van der Waals surface area contributed by atoms with Gasteiger partial charge in [0, 0.05) is 6.42 Å². The summed E-state index contributed by atoms with van der Waals surface area (Å²) >= 11 is 0. The van der Waals surface area contributed by atoms with Gasteiger partial charge >= 0.3 is 0 Å². The van der Waals surface area contributed by atoms with Gasteiger partial charge in [-0.15, -0.1) is 0 Å². The highest BCUT2D eigenvalue weighted by molar-refractivity contribution is 5.33. The maximum atomic E-state index is 9.38. The molecule has 1 rings (SSSR count). The van der Waals surface area contributed by atoms with Gasteiger partial charge < -0.3 is 0 Å². The number of nitrogens with zero attached hydrogens (tertiary/aromatic N) is 3. The number of hydrogen-bond acceptors (Lipinski definition) is 3. The summed E-state index contributed by atoms with van der Waals surface area (Å²) in [5.74, 6) is 0. The Bertz CT molecular complexity index is 473. The molecular weight excluding hydrogens is 210 g/mol. The molecule has 3 nitrogen and oxygen atoms in total. The van der Waals surface area contributed by atoms with Gasteiger partial charge in [0.1, 0.15) is 0 Å². The Morgan fingerprint density at radius 2 is 1.71 bits per heavy atom. The predicted molar refractivity (Wildman–Crippen MR) is 63.4 cm³/mol. The van der Waals surface area contributed by atoms with E-state index in [1.807, 2.05) is 30.3 Å². The highest BCUT2D eigenvalue weighted by Gasteiger charge is 2.31. The van der Waals surface area contributed by atoms with Crippen LogP contribution in [0.25, 0.3) is 0 Å². The van der Waals surface area contributed by atoms with E-state index in [2.05, 4.69) is 18.2 Å². The Labute approximate surface area is 102 Å². The first-order valence-corrected chi connectivity index (χ1v) is 5.50. The van der Waals surface area contributed by atoms with E-state index in [9.17, 15) is 5.26 Å². The number of hydrogen-bond donors (Lipinski definition) is 0. The monoisotopic (exact) mass is 223 g/mol. The van der Waals surface area contributed by atoms with Gasteiger partial charge in [-0.25, -0.2) is 0 Å². The van der Waals surface area contributed by atoms with Crippen molar-refractivity contribution < 1.29 is 0 Å². The second kappa shape index (κ2) is 6.31. The fraction of sp³-hybridized carbons (Fsp3) is 0.357. The SMILES string of the molecule is N#CCCCC(C#N)(CC#N)c1ccccc1. The lowest BCUT2D eigenvalue weighted by molar-refractivity contribution is 0.496. The summed E-state index contributed by atoms with van der Waals surface area (Å²) in [7, 11) is 0. The average molecular weight is 223 g/mol. The first-order chi connectivity index (χ1) is 8.29. The lowest BCUT2D eigenvalue weighted by Gasteiger charge is -2.23. The molecule has 0 heterocycles. The van der Waals surface area contributed by atoms with Crippen LogP contribution in [-0.2, 0) is 5.41 Å². The summed E-state index contributed by atoms with van der Waals surface area (Å²) < 4.78 is 0. The molecular formula is C14H13N3. The van der Waals surface area contributed by atoms with Crippen molar-refractivity contribution in [1.29, 1.82) is 15.8 Å². The minimum Gasteiger partial charge on any atom is -0.198 e. The van der Waals surface area contributed by atoms with E-state index in [1.54, 1.807) is 0 Å². The van der Waals surface area contributed by atoms with Gasteiger partial charge in [0.15, 0.2) is 0 Å². The molecule has 0 saturated heterocycles. The van der Waals surface area contributed by atoms with Gasteiger partial charge in [-0.05, 0) is 18.4 Å². The molecule has 0 aliphatic heterocycles. The van der Waals surface area contributed by atoms with Crippen molar-refractivity contribution in [2.45, 2.75) is 31.1 Å². The quantitative estimate of drug-likeness (QED) is 0.720. The van der Waals surface area contributed by atoms with Crippen LogP contribution in [0.1, 0.15) is 31.2 Å². The lowest BCUT2D eigenvalue weighted by atomic mass is 9.75. The van der Waals surface area contributed by atoms with Gasteiger partial charge in [-0.3, -0.25) is 0 Å². The molecule has 17 heavy (non-hydrogen) atoms. The minimum absolute atomic E-state index is 0.166. The Morgan fingerprint density at radius 1 is 1.00 bits per heavy atom. The van der Waals surface area contributed by atoms with E-state index in [-0.39, 0.29) is 6.42 Å². The van der Waals surface area contributed by atoms with E-state index in [0.29, 0.717) is 19.3 Å². The summed E-state index contributed by atoms with van der Waals surface area (Å²) in [6, 6.07) is 15.8. The van der Waals surface area contributed by atoms with Gasteiger partial charge in [-0.1, -0.05) is 30.3 Å². The van der Waals surface area contributed by atoms with Crippen LogP contribution in [0.3, 0.4) is 0 Å². The zero-order valence-corrected chi connectivity index (χ0v) is 9.56. The van der Waals surface area contributed by atoms with Crippen molar-refractivity contribution in [1.82, 2.24) is 0 Å². The Morgan fingerprint density at radius 3 is 2.24 bits per heavy atom. The fourth-order valence-corrected chi connectivity index (χ4v) is 1.86. The molecule has 1 atom stereocenters. The van der Waals surface area contributed by atoms with Crippen LogP contribution < -0.4 is 0 Å². The zero-order valence-electron chi connectivity index (χ0n) is 9.56. The minimum atomic E-state index is -0.771. The second-order valence-corrected chi connectivity index (χ2v) is 3.91. The van der Waals surface area contributed by atoms with Crippen LogP contribution in [0, 0.1) is 34.0 Å². The van der Waals surface area contributed by atoms with Crippen molar-refractivity contribution in [2.75, 3.05) is 0 Å². The Kier molecular flexibility index (Phi) is 4.74. The van der Waals surface area contributed by atoms with E-state index < -0.39 is 5.41 Å². The maximum absolute atomic E-state index is 9.38. The highest BCUT2D eigenvalue weighted by atomic mass is 14.4. The van der Waals surface area contributed by atoms with Gasteiger partial charge in [-0.2, -0.15) is 15.8 Å². The molecule has 0 aliphatic rings. The maximum Gasteiger partial charge on any atom is 0.0952 e. The summed E-state index contributed by atoms with van der Waals surface area (Å²) in [5.41, 5.74) is 0.0920. The predicted octanol–water partition coefficient (Wildman–Crippen LogP) is 3.06. The van der Waals surface area contributed by atoms with Crippen LogP contribution in [0.5, 0.6) is 0 Å². The summed E-state index contributed by atoms with van der Waals surface area (Å²) in [6.07, 6.45) is 1.77. The van der Waals surface area contributed by atoms with Gasteiger partial charge in [0.05, 0.1) is 30.0 Å². The lowest BCUT2D eigenvalue weighted by Crippen LogP contribution is -2.23. The smallest absolute Gasteiger partial charge is 0.0952 e. The molecule has 3 heteroatoms. The molecule has 0 N–H and O–H groups in total. The van der Waals surface area contributed by atoms with Crippen molar-refractivity contribution in [3.05, 3.63) is 35.9 Å². The van der Waals surface area contributed by atoms with Crippen molar-refractivity contribution in [3.63, 3.8) is 0 Å². The van der Waals surface area contributed by atoms with Crippen molar-refractivity contribution in [3.8, 4) is 18.2 Å². The van der Waals surface area contributed by atoms with E-state index >= 15 is 0 Å². The van der Waals surface area contributed by atoms with E-state index in [0.717, 1.165) is 5.56 Å². The third-order valence-corrected chi connectivity index (χ3v) is 2.81. The van der Waals surface area contributed by atoms with Crippen molar-refractivity contribution >= 4 is 0 Å². The Hall–Kier alpha value is -2.31. The molecule has 0 saturated carbocycles. The van der Waals surface area contributed by atoms with Crippen LogP contribution in [-0.4, -0.2) is 0 Å². The number of unbranched alkanes of at least 4 members (excludes halogenated alkanes) is 1. The number of benzene rings is 1. The highest BCUT2D eigenvalue weighted by Crippen LogP contribution is 2.32. The third-order valence-electron chi connectivity index (χ3n) is 2.81.